The van der Waals surface area contributed by atoms with E-state index in [4.69, 9.17) is 21.1 Å². The highest BCUT2D eigenvalue weighted by molar-refractivity contribution is 6.30. The van der Waals surface area contributed by atoms with Gasteiger partial charge in [0.05, 0.1) is 5.69 Å². The molecule has 0 radical (unpaired) electrons. The fourth-order valence-corrected chi connectivity index (χ4v) is 1.70. The molecule has 0 aliphatic rings. The Hall–Kier alpha value is -1.32. The zero-order valence-electron chi connectivity index (χ0n) is 8.90. The summed E-state index contributed by atoms with van der Waals surface area (Å²) in [4.78, 5) is 4.33. The van der Waals surface area contributed by atoms with E-state index in [1.807, 2.05) is 19.1 Å². The molecule has 16 heavy (non-hydrogen) atoms. The van der Waals surface area contributed by atoms with Crippen molar-refractivity contribution in [3.63, 3.8) is 0 Å². The SMILES string of the molecule is Cc1oc(-c2cccc(Cl)c2)nc1CCO. The molecule has 0 fully saturated rings. The molecular formula is C12H12ClNO2. The van der Waals surface area contributed by atoms with E-state index in [0.29, 0.717) is 17.3 Å². The third-order valence-electron chi connectivity index (χ3n) is 2.31. The maximum Gasteiger partial charge on any atom is 0.226 e. The van der Waals surface area contributed by atoms with Crippen LogP contribution in [0.25, 0.3) is 11.5 Å². The Balaban J connectivity index is 2.37. The molecule has 0 spiro atoms. The van der Waals surface area contributed by atoms with Crippen LogP contribution in [-0.2, 0) is 6.42 Å². The van der Waals surface area contributed by atoms with Crippen molar-refractivity contribution in [2.24, 2.45) is 0 Å². The number of aliphatic hydroxyl groups excluding tert-OH is 1. The minimum absolute atomic E-state index is 0.0718. The Morgan fingerprint density at radius 2 is 2.25 bits per heavy atom. The molecule has 0 aliphatic heterocycles. The lowest BCUT2D eigenvalue weighted by atomic mass is 10.2. The van der Waals surface area contributed by atoms with E-state index in [1.54, 1.807) is 12.1 Å². The van der Waals surface area contributed by atoms with Gasteiger partial charge in [0.2, 0.25) is 5.89 Å². The topological polar surface area (TPSA) is 46.3 Å². The fourth-order valence-electron chi connectivity index (χ4n) is 1.51. The van der Waals surface area contributed by atoms with Crippen molar-refractivity contribution in [1.82, 2.24) is 4.98 Å². The number of aromatic nitrogens is 1. The van der Waals surface area contributed by atoms with Crippen LogP contribution < -0.4 is 0 Å². The van der Waals surface area contributed by atoms with Crippen LogP contribution in [0.2, 0.25) is 5.02 Å². The van der Waals surface area contributed by atoms with E-state index in [-0.39, 0.29) is 6.61 Å². The summed E-state index contributed by atoms with van der Waals surface area (Å²) in [5.74, 6) is 1.28. The lowest BCUT2D eigenvalue weighted by Crippen LogP contribution is -1.92. The molecule has 0 unspecified atom stereocenters. The number of halogens is 1. The highest BCUT2D eigenvalue weighted by Crippen LogP contribution is 2.24. The Morgan fingerprint density at radius 1 is 1.44 bits per heavy atom. The number of nitrogens with zero attached hydrogens (tertiary/aromatic N) is 1. The summed E-state index contributed by atoms with van der Waals surface area (Å²) in [6, 6.07) is 7.34. The van der Waals surface area contributed by atoms with Crippen molar-refractivity contribution in [3.05, 3.63) is 40.7 Å². The van der Waals surface area contributed by atoms with E-state index in [9.17, 15) is 0 Å². The fraction of sp³-hybridized carbons (Fsp3) is 0.250. The molecule has 0 saturated heterocycles. The first-order valence-electron chi connectivity index (χ1n) is 5.04. The van der Waals surface area contributed by atoms with Gasteiger partial charge in [-0.1, -0.05) is 17.7 Å². The molecule has 0 amide bonds. The van der Waals surface area contributed by atoms with Crippen molar-refractivity contribution in [2.75, 3.05) is 6.61 Å². The first-order valence-corrected chi connectivity index (χ1v) is 5.41. The quantitative estimate of drug-likeness (QED) is 0.893. The second-order valence-electron chi connectivity index (χ2n) is 3.51. The highest BCUT2D eigenvalue weighted by Gasteiger charge is 2.10. The van der Waals surface area contributed by atoms with E-state index in [1.165, 1.54) is 0 Å². The lowest BCUT2D eigenvalue weighted by molar-refractivity contribution is 0.297. The van der Waals surface area contributed by atoms with Crippen LogP contribution >= 0.6 is 11.6 Å². The van der Waals surface area contributed by atoms with Crippen LogP contribution in [0.3, 0.4) is 0 Å². The molecule has 84 valence electrons. The Morgan fingerprint density at radius 3 is 2.94 bits per heavy atom. The second-order valence-corrected chi connectivity index (χ2v) is 3.94. The van der Waals surface area contributed by atoms with Crippen LogP contribution in [0.1, 0.15) is 11.5 Å². The van der Waals surface area contributed by atoms with Crippen molar-refractivity contribution in [1.29, 1.82) is 0 Å². The van der Waals surface area contributed by atoms with Crippen molar-refractivity contribution >= 4 is 11.6 Å². The summed E-state index contributed by atoms with van der Waals surface area (Å²) < 4.78 is 5.53. The number of hydrogen-bond acceptors (Lipinski definition) is 3. The van der Waals surface area contributed by atoms with Crippen molar-refractivity contribution < 1.29 is 9.52 Å². The highest BCUT2D eigenvalue weighted by atomic mass is 35.5. The van der Waals surface area contributed by atoms with Gasteiger partial charge in [-0.05, 0) is 25.1 Å². The minimum Gasteiger partial charge on any atom is -0.441 e. The molecule has 0 bridgehead atoms. The molecule has 3 nitrogen and oxygen atoms in total. The molecule has 0 aliphatic carbocycles. The van der Waals surface area contributed by atoms with E-state index >= 15 is 0 Å². The van der Waals surface area contributed by atoms with Crippen molar-refractivity contribution in [3.8, 4) is 11.5 Å². The zero-order valence-corrected chi connectivity index (χ0v) is 9.66. The van der Waals surface area contributed by atoms with Gasteiger partial charge in [-0.15, -0.1) is 0 Å². The Bertz CT molecular complexity index is 494. The summed E-state index contributed by atoms with van der Waals surface area (Å²) >= 11 is 5.89. The number of benzene rings is 1. The molecule has 0 saturated carbocycles. The molecule has 0 atom stereocenters. The Kier molecular flexibility index (Phi) is 3.27. The maximum absolute atomic E-state index is 8.87. The molecule has 1 N–H and O–H groups in total. The van der Waals surface area contributed by atoms with Gasteiger partial charge in [-0.2, -0.15) is 0 Å². The second kappa shape index (κ2) is 4.68. The van der Waals surface area contributed by atoms with Crippen LogP contribution in [0.5, 0.6) is 0 Å². The number of rotatable bonds is 3. The predicted molar refractivity (Wildman–Crippen MR) is 62.5 cm³/mol. The summed E-state index contributed by atoms with van der Waals surface area (Å²) in [6.45, 7) is 1.91. The minimum atomic E-state index is 0.0718. The number of oxazole rings is 1. The average Bonchev–Trinajstić information content (AvgIpc) is 2.61. The normalized spacial score (nSPS) is 10.7. The molecular weight excluding hydrogens is 226 g/mol. The lowest BCUT2D eigenvalue weighted by Gasteiger charge is -1.95. The number of aliphatic hydroxyl groups is 1. The van der Waals surface area contributed by atoms with Gasteiger partial charge < -0.3 is 9.52 Å². The molecule has 1 heterocycles. The smallest absolute Gasteiger partial charge is 0.226 e. The third-order valence-corrected chi connectivity index (χ3v) is 2.55. The predicted octanol–water partition coefficient (Wildman–Crippen LogP) is 2.84. The van der Waals surface area contributed by atoms with Crippen molar-refractivity contribution in [2.45, 2.75) is 13.3 Å². The number of aryl methyl sites for hydroxylation is 1. The first kappa shape index (κ1) is 11.2. The third kappa shape index (κ3) is 2.26. The molecule has 1 aromatic carbocycles. The van der Waals surface area contributed by atoms with Crippen LogP contribution in [0.4, 0.5) is 0 Å². The number of hydrogen-bond donors (Lipinski definition) is 1. The summed E-state index contributed by atoms with van der Waals surface area (Å²) in [6.07, 6.45) is 0.510. The summed E-state index contributed by atoms with van der Waals surface area (Å²) in [5, 5.41) is 9.52. The van der Waals surface area contributed by atoms with Gasteiger partial charge in [-0.25, -0.2) is 4.98 Å². The molecule has 1 aromatic heterocycles. The van der Waals surface area contributed by atoms with Gasteiger partial charge in [-0.3, -0.25) is 0 Å². The van der Waals surface area contributed by atoms with Crippen LogP contribution in [0, 0.1) is 6.92 Å². The maximum atomic E-state index is 8.87. The van der Waals surface area contributed by atoms with Gasteiger partial charge in [0.1, 0.15) is 5.76 Å². The monoisotopic (exact) mass is 237 g/mol. The van der Waals surface area contributed by atoms with Crippen LogP contribution in [0.15, 0.2) is 28.7 Å². The summed E-state index contributed by atoms with van der Waals surface area (Å²) in [7, 11) is 0. The van der Waals surface area contributed by atoms with Gasteiger partial charge >= 0.3 is 0 Å². The van der Waals surface area contributed by atoms with E-state index in [0.717, 1.165) is 17.0 Å². The van der Waals surface area contributed by atoms with E-state index < -0.39 is 0 Å². The standard InChI is InChI=1S/C12H12ClNO2/c1-8-11(5-6-15)14-12(16-8)9-3-2-4-10(13)7-9/h2-4,7,15H,5-6H2,1H3. The first-order chi connectivity index (χ1) is 7.70. The van der Waals surface area contributed by atoms with Crippen LogP contribution in [-0.4, -0.2) is 16.7 Å². The van der Waals surface area contributed by atoms with E-state index in [2.05, 4.69) is 4.98 Å². The molecule has 2 rings (SSSR count). The Labute approximate surface area is 98.7 Å². The zero-order chi connectivity index (χ0) is 11.5. The van der Waals surface area contributed by atoms with Gasteiger partial charge in [0, 0.05) is 23.6 Å². The average molecular weight is 238 g/mol. The molecule has 4 heteroatoms. The van der Waals surface area contributed by atoms with Gasteiger partial charge in [0.15, 0.2) is 0 Å². The van der Waals surface area contributed by atoms with Gasteiger partial charge in [0.25, 0.3) is 0 Å². The molecule has 2 aromatic rings. The summed E-state index contributed by atoms with van der Waals surface area (Å²) in [5.41, 5.74) is 1.64. The largest absolute Gasteiger partial charge is 0.441 e.